The van der Waals surface area contributed by atoms with Crippen molar-refractivity contribution in [3.8, 4) is 0 Å². The van der Waals surface area contributed by atoms with Crippen LogP contribution in [0.15, 0.2) is 48.9 Å². The molecule has 0 radical (unpaired) electrons. The van der Waals surface area contributed by atoms with Crippen LogP contribution in [0.4, 0.5) is 11.5 Å². The number of hydrogen-bond acceptors (Lipinski definition) is 9. The van der Waals surface area contributed by atoms with Crippen LogP contribution in [0.1, 0.15) is 49.4 Å². The lowest BCUT2D eigenvalue weighted by Gasteiger charge is -2.15. The second kappa shape index (κ2) is 11.7. The van der Waals surface area contributed by atoms with Gasteiger partial charge in [0.2, 0.25) is 0 Å². The number of aromatic nitrogens is 3. The standard InChI is InChI=1S/C24H24ClN7O4/c1-36-24(35)14-3-5-17(16(9-14)22(33)32-21-6-4-15(25)10-30-21)31-23(34)20-13-28-19(12-29-20)18-11-26-7-2-8-27-18/h3-6,9-10,12-13,18,26-27H,2,7-8,11H2,1H3,(H,31,34)(H,30,32,33). The van der Waals surface area contributed by atoms with Gasteiger partial charge in [0.1, 0.15) is 11.5 Å². The van der Waals surface area contributed by atoms with Crippen LogP contribution >= 0.6 is 11.6 Å². The summed E-state index contributed by atoms with van der Waals surface area (Å²) in [6.07, 6.45) is 5.34. The third kappa shape index (κ3) is 6.19. The maximum Gasteiger partial charge on any atom is 0.337 e. The highest BCUT2D eigenvalue weighted by Crippen LogP contribution is 2.21. The van der Waals surface area contributed by atoms with Crippen molar-refractivity contribution in [3.63, 3.8) is 0 Å². The zero-order valence-corrected chi connectivity index (χ0v) is 20.1. The fraction of sp³-hybridized carbons (Fsp3) is 0.250. The SMILES string of the molecule is COC(=O)c1ccc(NC(=O)c2cnc(C3CNCCCN3)cn2)c(C(=O)Nc2ccc(Cl)cn2)c1. The first kappa shape index (κ1) is 25.2. The van der Waals surface area contributed by atoms with Crippen molar-refractivity contribution in [1.29, 1.82) is 0 Å². The Morgan fingerprint density at radius 2 is 1.86 bits per heavy atom. The Labute approximate surface area is 212 Å². The molecule has 0 bridgehead atoms. The maximum absolute atomic E-state index is 13.0. The molecule has 1 saturated heterocycles. The first-order valence-corrected chi connectivity index (χ1v) is 11.5. The van der Waals surface area contributed by atoms with Gasteiger partial charge in [-0.15, -0.1) is 0 Å². The average molecular weight is 510 g/mol. The number of amides is 2. The molecule has 1 aliphatic heterocycles. The summed E-state index contributed by atoms with van der Waals surface area (Å²) in [6.45, 7) is 2.50. The predicted molar refractivity (Wildman–Crippen MR) is 133 cm³/mol. The monoisotopic (exact) mass is 509 g/mol. The normalized spacial score (nSPS) is 15.4. The zero-order chi connectivity index (χ0) is 25.5. The van der Waals surface area contributed by atoms with Gasteiger partial charge in [-0.1, -0.05) is 11.6 Å². The molecular weight excluding hydrogens is 486 g/mol. The van der Waals surface area contributed by atoms with Crippen molar-refractivity contribution >= 4 is 40.9 Å². The van der Waals surface area contributed by atoms with Crippen molar-refractivity contribution in [3.05, 3.63) is 76.5 Å². The third-order valence-corrected chi connectivity index (χ3v) is 5.66. The molecule has 3 heterocycles. The lowest BCUT2D eigenvalue weighted by molar-refractivity contribution is 0.0600. The quantitative estimate of drug-likeness (QED) is 0.368. The summed E-state index contributed by atoms with van der Waals surface area (Å²) in [5.41, 5.74) is 1.13. The number of benzene rings is 1. The number of esters is 1. The first-order valence-electron chi connectivity index (χ1n) is 11.2. The Balaban J connectivity index is 1.54. The van der Waals surface area contributed by atoms with Gasteiger partial charge in [0.25, 0.3) is 11.8 Å². The Kier molecular flexibility index (Phi) is 8.16. The van der Waals surface area contributed by atoms with Crippen molar-refractivity contribution in [1.82, 2.24) is 25.6 Å². The molecule has 12 heteroatoms. The van der Waals surface area contributed by atoms with Crippen LogP contribution in [0, 0.1) is 0 Å². The van der Waals surface area contributed by atoms with Crippen LogP contribution in [0.2, 0.25) is 5.02 Å². The number of rotatable bonds is 6. The topological polar surface area (TPSA) is 147 Å². The smallest absolute Gasteiger partial charge is 0.337 e. The van der Waals surface area contributed by atoms with Gasteiger partial charge < -0.3 is 26.0 Å². The number of carbonyl (C=O) groups is 3. The molecule has 1 aliphatic rings. The van der Waals surface area contributed by atoms with Gasteiger partial charge in [-0.2, -0.15) is 0 Å². The fourth-order valence-corrected chi connectivity index (χ4v) is 3.67. The number of nitrogens with one attached hydrogen (secondary N) is 4. The van der Waals surface area contributed by atoms with E-state index in [0.29, 0.717) is 11.6 Å². The van der Waals surface area contributed by atoms with Crippen LogP contribution in [0.5, 0.6) is 0 Å². The van der Waals surface area contributed by atoms with Crippen LogP contribution in [-0.2, 0) is 4.74 Å². The molecule has 1 aromatic carbocycles. The second-order valence-corrected chi connectivity index (χ2v) is 8.35. The fourth-order valence-electron chi connectivity index (χ4n) is 3.56. The number of nitrogens with zero attached hydrogens (tertiary/aromatic N) is 3. The largest absolute Gasteiger partial charge is 0.465 e. The molecular formula is C24H24ClN7O4. The molecule has 3 aromatic rings. The summed E-state index contributed by atoms with van der Waals surface area (Å²) in [5, 5.41) is 12.4. The van der Waals surface area contributed by atoms with Crippen molar-refractivity contribution < 1.29 is 19.1 Å². The average Bonchev–Trinajstić information content (AvgIpc) is 3.19. The molecule has 36 heavy (non-hydrogen) atoms. The highest BCUT2D eigenvalue weighted by Gasteiger charge is 2.20. The van der Waals surface area contributed by atoms with Crippen LogP contribution in [0.25, 0.3) is 0 Å². The molecule has 1 atom stereocenters. The number of methoxy groups -OCH3 is 1. The van der Waals surface area contributed by atoms with Crippen LogP contribution in [0.3, 0.4) is 0 Å². The minimum absolute atomic E-state index is 0.000229. The highest BCUT2D eigenvalue weighted by atomic mass is 35.5. The van der Waals surface area contributed by atoms with E-state index in [9.17, 15) is 14.4 Å². The van der Waals surface area contributed by atoms with Gasteiger partial charge in [-0.05, 0) is 49.8 Å². The Hall–Kier alpha value is -3.93. The van der Waals surface area contributed by atoms with E-state index in [4.69, 9.17) is 16.3 Å². The van der Waals surface area contributed by atoms with Crippen molar-refractivity contribution in [2.45, 2.75) is 12.5 Å². The molecule has 2 amide bonds. The molecule has 0 spiro atoms. The number of anilines is 2. The van der Waals surface area contributed by atoms with Crippen LogP contribution < -0.4 is 21.3 Å². The Morgan fingerprint density at radius 3 is 2.58 bits per heavy atom. The van der Waals surface area contributed by atoms with E-state index in [1.165, 1.54) is 43.8 Å². The molecule has 0 aliphatic carbocycles. The highest BCUT2D eigenvalue weighted by molar-refractivity contribution is 6.30. The summed E-state index contributed by atoms with van der Waals surface area (Å²) >= 11 is 5.85. The number of carbonyl (C=O) groups excluding carboxylic acids is 3. The van der Waals surface area contributed by atoms with E-state index in [2.05, 4.69) is 36.2 Å². The van der Waals surface area contributed by atoms with E-state index in [0.717, 1.165) is 25.2 Å². The van der Waals surface area contributed by atoms with Gasteiger partial charge in [0.05, 0.1) is 53.1 Å². The summed E-state index contributed by atoms with van der Waals surface area (Å²) in [4.78, 5) is 50.6. The molecule has 4 rings (SSSR count). The number of hydrogen-bond donors (Lipinski definition) is 4. The minimum Gasteiger partial charge on any atom is -0.465 e. The molecule has 186 valence electrons. The van der Waals surface area contributed by atoms with Gasteiger partial charge >= 0.3 is 5.97 Å². The van der Waals surface area contributed by atoms with E-state index in [1.54, 1.807) is 12.3 Å². The molecule has 11 nitrogen and oxygen atoms in total. The molecule has 1 unspecified atom stereocenters. The van der Waals surface area contributed by atoms with Crippen LogP contribution in [-0.4, -0.2) is 59.5 Å². The van der Waals surface area contributed by atoms with E-state index in [-0.39, 0.29) is 34.4 Å². The second-order valence-electron chi connectivity index (χ2n) is 7.91. The Bertz CT molecular complexity index is 1240. The van der Waals surface area contributed by atoms with Gasteiger partial charge in [0, 0.05) is 12.7 Å². The van der Waals surface area contributed by atoms with Gasteiger partial charge in [-0.3, -0.25) is 14.6 Å². The lowest BCUT2D eigenvalue weighted by atomic mass is 10.1. The number of ether oxygens (including phenoxy) is 1. The molecule has 0 saturated carbocycles. The van der Waals surface area contributed by atoms with Crippen molar-refractivity contribution in [2.75, 3.05) is 37.4 Å². The molecule has 4 N–H and O–H groups in total. The summed E-state index contributed by atoms with van der Waals surface area (Å²) in [6, 6.07) is 7.31. The number of pyridine rings is 1. The summed E-state index contributed by atoms with van der Waals surface area (Å²) in [7, 11) is 1.23. The molecule has 2 aromatic heterocycles. The van der Waals surface area contributed by atoms with E-state index in [1.807, 2.05) is 0 Å². The summed E-state index contributed by atoms with van der Waals surface area (Å²) < 4.78 is 4.75. The maximum atomic E-state index is 13.0. The predicted octanol–water partition coefficient (Wildman–Crippen LogP) is 2.44. The van der Waals surface area contributed by atoms with Crippen molar-refractivity contribution in [2.24, 2.45) is 0 Å². The summed E-state index contributed by atoms with van der Waals surface area (Å²) in [5.74, 6) is -1.55. The van der Waals surface area contributed by atoms with E-state index < -0.39 is 17.8 Å². The van der Waals surface area contributed by atoms with E-state index >= 15 is 0 Å². The zero-order valence-electron chi connectivity index (χ0n) is 19.4. The number of halogens is 1. The first-order chi connectivity index (χ1) is 17.4. The van der Waals surface area contributed by atoms with Gasteiger partial charge in [0.15, 0.2) is 0 Å². The lowest BCUT2D eigenvalue weighted by Crippen LogP contribution is -2.28. The van der Waals surface area contributed by atoms with Gasteiger partial charge in [-0.25, -0.2) is 14.8 Å². The third-order valence-electron chi connectivity index (χ3n) is 5.43. The minimum atomic E-state index is -0.630. The Morgan fingerprint density at radius 1 is 1.00 bits per heavy atom. The molecule has 1 fully saturated rings.